The van der Waals surface area contributed by atoms with Crippen LogP contribution in [0, 0.1) is 0 Å². The maximum atomic E-state index is 12.4. The highest BCUT2D eigenvalue weighted by Crippen LogP contribution is 2.28. The first kappa shape index (κ1) is 12.8. The molecule has 0 saturated heterocycles. The summed E-state index contributed by atoms with van der Waals surface area (Å²) in [6, 6.07) is 5.23. The minimum absolute atomic E-state index is 0.624. The smallest absolute Gasteiger partial charge is 0.166 e. The molecule has 1 rings (SSSR count). The molecule has 0 aliphatic carbocycles. The topological polar surface area (TPSA) is 0 Å². The van der Waals surface area contributed by atoms with Crippen molar-refractivity contribution < 1.29 is 13.2 Å². The van der Waals surface area contributed by atoms with Crippen molar-refractivity contribution in [1.29, 1.82) is 0 Å². The zero-order valence-corrected chi connectivity index (χ0v) is 10.0. The van der Waals surface area contributed by atoms with E-state index >= 15 is 0 Å². The van der Waals surface area contributed by atoms with Crippen molar-refractivity contribution in [1.82, 2.24) is 0 Å². The molecule has 0 bridgehead atoms. The highest BCUT2D eigenvalue weighted by atomic mass is 28.3. The van der Waals surface area contributed by atoms with E-state index < -0.39 is 19.8 Å². The van der Waals surface area contributed by atoms with E-state index in [-0.39, 0.29) is 0 Å². The predicted molar refractivity (Wildman–Crippen MR) is 63.1 cm³/mol. The molecule has 0 saturated carbocycles. The Bertz CT molecular complexity index is 382. The standard InChI is InChI=1S/C12H13F3Si/c1-4-16(3,5-2)11-8-6-10(7-9-11)12(13,14)15/h4-9H,1-2H2,3H3. The molecular weight excluding hydrogens is 229 g/mol. The summed E-state index contributed by atoms with van der Waals surface area (Å²) >= 11 is 0. The highest BCUT2D eigenvalue weighted by molar-refractivity contribution is 6.98. The molecule has 0 nitrogen and oxygen atoms in total. The van der Waals surface area contributed by atoms with E-state index in [1.807, 2.05) is 6.55 Å². The molecule has 0 spiro atoms. The first-order valence-electron chi connectivity index (χ1n) is 4.78. The van der Waals surface area contributed by atoms with E-state index in [9.17, 15) is 13.2 Å². The van der Waals surface area contributed by atoms with Crippen LogP contribution in [0.4, 0.5) is 13.2 Å². The van der Waals surface area contributed by atoms with Crippen molar-refractivity contribution in [3.63, 3.8) is 0 Å². The van der Waals surface area contributed by atoms with Crippen molar-refractivity contribution in [2.75, 3.05) is 0 Å². The molecule has 0 amide bonds. The molecule has 16 heavy (non-hydrogen) atoms. The lowest BCUT2D eigenvalue weighted by Crippen LogP contribution is -2.40. The van der Waals surface area contributed by atoms with Crippen LogP contribution in [0.5, 0.6) is 0 Å². The fraction of sp³-hybridized carbons (Fsp3) is 0.167. The Morgan fingerprint density at radius 1 is 1.06 bits per heavy atom. The van der Waals surface area contributed by atoms with Crippen molar-refractivity contribution in [3.8, 4) is 0 Å². The SMILES string of the molecule is C=C[Si](C)(C=C)c1ccc(C(F)(F)F)cc1. The van der Waals surface area contributed by atoms with Crippen LogP contribution in [0.2, 0.25) is 6.55 Å². The van der Waals surface area contributed by atoms with Gasteiger partial charge in [0.15, 0.2) is 0 Å². The molecule has 0 aliphatic rings. The molecule has 1 aromatic rings. The van der Waals surface area contributed by atoms with E-state index in [0.29, 0.717) is 0 Å². The van der Waals surface area contributed by atoms with Gasteiger partial charge in [-0.1, -0.05) is 47.4 Å². The Balaban J connectivity index is 3.13. The van der Waals surface area contributed by atoms with Crippen LogP contribution in [0.15, 0.2) is 48.8 Å². The third kappa shape index (κ3) is 2.44. The van der Waals surface area contributed by atoms with E-state index in [1.165, 1.54) is 12.1 Å². The fourth-order valence-corrected chi connectivity index (χ4v) is 2.86. The number of hydrogen-bond acceptors (Lipinski definition) is 0. The fourth-order valence-electron chi connectivity index (χ4n) is 1.34. The predicted octanol–water partition coefficient (Wildman–Crippen LogP) is 3.44. The molecular formula is C12H13F3Si. The molecule has 0 atom stereocenters. The van der Waals surface area contributed by atoms with Crippen molar-refractivity contribution >= 4 is 13.3 Å². The second kappa shape index (κ2) is 4.29. The van der Waals surface area contributed by atoms with Gasteiger partial charge in [-0.3, -0.25) is 0 Å². The minimum Gasteiger partial charge on any atom is -0.166 e. The average Bonchev–Trinajstić information content (AvgIpc) is 2.27. The van der Waals surface area contributed by atoms with E-state index in [2.05, 4.69) is 13.2 Å². The van der Waals surface area contributed by atoms with Gasteiger partial charge in [-0.25, -0.2) is 0 Å². The Kier molecular flexibility index (Phi) is 3.43. The van der Waals surface area contributed by atoms with E-state index in [1.54, 1.807) is 11.4 Å². The molecule has 0 heterocycles. The summed E-state index contributed by atoms with van der Waals surface area (Å²) in [5.41, 5.74) is 2.96. The van der Waals surface area contributed by atoms with Crippen molar-refractivity contribution in [3.05, 3.63) is 54.4 Å². The average molecular weight is 242 g/mol. The van der Waals surface area contributed by atoms with Gasteiger partial charge in [0, 0.05) is 0 Å². The molecule has 86 valence electrons. The number of rotatable bonds is 3. The minimum atomic E-state index is -4.28. The van der Waals surface area contributed by atoms with Gasteiger partial charge in [-0.05, 0) is 0 Å². The second-order valence-electron chi connectivity index (χ2n) is 3.77. The van der Waals surface area contributed by atoms with Gasteiger partial charge >= 0.3 is 6.18 Å². The Morgan fingerprint density at radius 3 is 1.81 bits per heavy atom. The van der Waals surface area contributed by atoms with Gasteiger partial charge in [0.1, 0.15) is 8.07 Å². The van der Waals surface area contributed by atoms with Crippen LogP contribution in [0.1, 0.15) is 5.56 Å². The van der Waals surface area contributed by atoms with Crippen LogP contribution < -0.4 is 5.19 Å². The van der Waals surface area contributed by atoms with Crippen LogP contribution in [-0.2, 0) is 6.18 Å². The number of alkyl halides is 3. The van der Waals surface area contributed by atoms with Gasteiger partial charge in [0.2, 0.25) is 0 Å². The maximum absolute atomic E-state index is 12.4. The summed E-state index contributed by atoms with van der Waals surface area (Å²) < 4.78 is 37.1. The Hall–Kier alpha value is -1.29. The lowest BCUT2D eigenvalue weighted by molar-refractivity contribution is -0.137. The first-order chi connectivity index (χ1) is 7.33. The molecule has 0 fully saturated rings. The van der Waals surface area contributed by atoms with Gasteiger partial charge in [-0.15, -0.1) is 13.2 Å². The Morgan fingerprint density at radius 2 is 1.50 bits per heavy atom. The maximum Gasteiger partial charge on any atom is 0.416 e. The number of benzene rings is 1. The molecule has 0 radical (unpaired) electrons. The van der Waals surface area contributed by atoms with Crippen LogP contribution >= 0.6 is 0 Å². The van der Waals surface area contributed by atoms with Crippen LogP contribution in [0.3, 0.4) is 0 Å². The number of halogens is 3. The lowest BCUT2D eigenvalue weighted by atomic mass is 10.2. The van der Waals surface area contributed by atoms with Gasteiger partial charge in [0.25, 0.3) is 0 Å². The van der Waals surface area contributed by atoms with Crippen LogP contribution in [0.25, 0.3) is 0 Å². The van der Waals surface area contributed by atoms with Gasteiger partial charge < -0.3 is 0 Å². The zero-order chi connectivity index (χ0) is 12.4. The summed E-state index contributed by atoms with van der Waals surface area (Å²) in [5, 5.41) is 0.880. The van der Waals surface area contributed by atoms with E-state index in [4.69, 9.17) is 0 Å². The molecule has 0 aromatic heterocycles. The lowest BCUT2D eigenvalue weighted by Gasteiger charge is -2.19. The summed E-state index contributed by atoms with van der Waals surface area (Å²) in [6.45, 7) is 9.42. The van der Waals surface area contributed by atoms with E-state index in [0.717, 1.165) is 17.3 Å². The summed E-state index contributed by atoms with van der Waals surface area (Å²) in [6.07, 6.45) is -4.28. The Labute approximate surface area is 94.1 Å². The molecule has 0 aliphatic heterocycles. The normalized spacial score (nSPS) is 12.2. The first-order valence-corrected chi connectivity index (χ1v) is 7.44. The van der Waals surface area contributed by atoms with Crippen LogP contribution in [-0.4, -0.2) is 8.07 Å². The molecule has 0 unspecified atom stereocenters. The largest absolute Gasteiger partial charge is 0.416 e. The van der Waals surface area contributed by atoms with Crippen molar-refractivity contribution in [2.24, 2.45) is 0 Å². The third-order valence-corrected chi connectivity index (χ3v) is 5.96. The van der Waals surface area contributed by atoms with Gasteiger partial charge in [-0.2, -0.15) is 13.2 Å². The molecule has 1 aromatic carbocycles. The summed E-state index contributed by atoms with van der Waals surface area (Å²) in [5.74, 6) is 0. The molecule has 0 N–H and O–H groups in total. The monoisotopic (exact) mass is 242 g/mol. The summed E-state index contributed by atoms with van der Waals surface area (Å²) in [7, 11) is -2.00. The molecule has 4 heteroatoms. The third-order valence-electron chi connectivity index (χ3n) is 2.68. The van der Waals surface area contributed by atoms with Crippen molar-refractivity contribution in [2.45, 2.75) is 12.7 Å². The second-order valence-corrected chi connectivity index (χ2v) is 7.73. The highest BCUT2D eigenvalue weighted by Gasteiger charge is 2.31. The number of hydrogen-bond donors (Lipinski definition) is 0. The summed E-state index contributed by atoms with van der Waals surface area (Å²) in [4.78, 5) is 0. The zero-order valence-electron chi connectivity index (χ0n) is 9.01. The quantitative estimate of drug-likeness (QED) is 0.712. The van der Waals surface area contributed by atoms with Gasteiger partial charge in [0.05, 0.1) is 5.56 Å².